The van der Waals surface area contributed by atoms with E-state index in [4.69, 9.17) is 24.5 Å². The summed E-state index contributed by atoms with van der Waals surface area (Å²) in [6.07, 6.45) is -10.2. The highest BCUT2D eigenvalue weighted by molar-refractivity contribution is 7.22. The van der Waals surface area contributed by atoms with Crippen molar-refractivity contribution in [3.05, 3.63) is 48.0 Å². The molecule has 3 heterocycles. The number of fused-ring (bicyclic) bond motifs is 2. The first-order chi connectivity index (χ1) is 15.8. The van der Waals surface area contributed by atoms with Gasteiger partial charge in [0.1, 0.15) is 6.61 Å². The monoisotopic (exact) mass is 510 g/mol. The summed E-state index contributed by atoms with van der Waals surface area (Å²) in [4.78, 5) is 23.7. The van der Waals surface area contributed by atoms with E-state index in [9.17, 15) is 26.3 Å². The van der Waals surface area contributed by atoms with Crippen LogP contribution in [0.5, 0.6) is 5.88 Å². The van der Waals surface area contributed by atoms with E-state index >= 15 is 0 Å². The molecule has 0 amide bonds. The Morgan fingerprint density at radius 1 is 0.971 bits per heavy atom. The van der Waals surface area contributed by atoms with Crippen LogP contribution in [0.1, 0.15) is 5.56 Å². The van der Waals surface area contributed by atoms with Crippen molar-refractivity contribution in [1.29, 1.82) is 0 Å². The second-order valence-corrected chi connectivity index (χ2v) is 7.52. The van der Waals surface area contributed by atoms with Crippen LogP contribution in [-0.2, 0) is 16.1 Å². The van der Waals surface area contributed by atoms with E-state index in [1.807, 2.05) is 0 Å². The molecule has 1 aliphatic heterocycles. The summed E-state index contributed by atoms with van der Waals surface area (Å²) in [5, 5.41) is 18.8. The molecule has 0 unspecified atom stereocenters. The number of nitrogens with one attached hydrogen (secondary N) is 1. The van der Waals surface area contributed by atoms with Crippen molar-refractivity contribution < 1.29 is 50.9 Å². The lowest BCUT2D eigenvalue weighted by molar-refractivity contribution is -0.193. The molecule has 0 saturated carbocycles. The lowest BCUT2D eigenvalue weighted by Gasteiger charge is -2.06. The van der Waals surface area contributed by atoms with Crippen molar-refractivity contribution >= 4 is 33.4 Å². The highest BCUT2D eigenvalue weighted by Crippen LogP contribution is 2.34. The average Bonchev–Trinajstić information content (AvgIpc) is 3.04. The lowest BCUT2D eigenvalue weighted by atomic mass is 10.2. The Bertz CT molecular complexity index is 1090. The zero-order valence-electron chi connectivity index (χ0n) is 16.9. The zero-order chi connectivity index (χ0) is 25.5. The van der Waals surface area contributed by atoms with Gasteiger partial charge in [0.2, 0.25) is 5.88 Å². The molecule has 0 spiro atoms. The number of alkyl halides is 6. The second-order valence-electron chi connectivity index (χ2n) is 6.44. The van der Waals surface area contributed by atoms with Crippen molar-refractivity contribution in [2.45, 2.75) is 18.9 Å². The van der Waals surface area contributed by atoms with E-state index in [1.54, 1.807) is 11.3 Å². The predicted molar refractivity (Wildman–Crippen MR) is 110 cm³/mol. The van der Waals surface area contributed by atoms with Crippen molar-refractivity contribution in [1.82, 2.24) is 10.3 Å². The number of hydrogen-bond acceptors (Lipinski definition) is 6. The van der Waals surface area contributed by atoms with Gasteiger partial charge >= 0.3 is 24.3 Å². The van der Waals surface area contributed by atoms with Gasteiger partial charge in [0.15, 0.2) is 0 Å². The summed E-state index contributed by atoms with van der Waals surface area (Å²) >= 11 is 1.77. The van der Waals surface area contributed by atoms with E-state index in [2.05, 4.69) is 52.8 Å². The van der Waals surface area contributed by atoms with Crippen molar-refractivity contribution in [3.63, 3.8) is 0 Å². The molecule has 0 atom stereocenters. The third-order valence-electron chi connectivity index (χ3n) is 3.94. The number of nitrogens with zero attached hydrogens (tertiary/aromatic N) is 1. The number of aliphatic carboxylic acids is 2. The van der Waals surface area contributed by atoms with E-state index in [0.717, 1.165) is 30.2 Å². The van der Waals surface area contributed by atoms with Crippen molar-refractivity contribution in [2.75, 3.05) is 13.2 Å². The number of halogens is 6. The van der Waals surface area contributed by atoms with Gasteiger partial charge < -0.3 is 20.3 Å². The number of pyridine rings is 1. The van der Waals surface area contributed by atoms with Crippen LogP contribution < -0.4 is 10.1 Å². The number of rotatable bonds is 1. The quantitative estimate of drug-likeness (QED) is 0.407. The Morgan fingerprint density at radius 3 is 2.12 bits per heavy atom. The maximum absolute atomic E-state index is 10.6. The summed E-state index contributed by atoms with van der Waals surface area (Å²) in [7, 11) is 0. The van der Waals surface area contributed by atoms with Crippen LogP contribution in [0.3, 0.4) is 0 Å². The van der Waals surface area contributed by atoms with Crippen LogP contribution >= 0.6 is 11.3 Å². The van der Waals surface area contributed by atoms with Crippen molar-refractivity contribution in [3.8, 4) is 16.5 Å². The van der Waals surface area contributed by atoms with E-state index in [0.29, 0.717) is 6.61 Å². The molecule has 0 aliphatic carbocycles. The standard InChI is InChI=1S/C16H14N2OS.2C2HF3O2/c1-2-4-14-11(3-1)9-15(20-14)13-6-5-12-10-17-7-8-19-16(12)18-13;2*3-2(4,5)1(6)7/h1-6,9,17H,7-8,10H2;2*(H,6,7). The molecule has 3 aromatic rings. The summed E-state index contributed by atoms with van der Waals surface area (Å²) < 4.78 is 70.5. The Morgan fingerprint density at radius 2 is 1.56 bits per heavy atom. The normalized spacial score (nSPS) is 13.2. The topological polar surface area (TPSA) is 109 Å². The summed E-state index contributed by atoms with van der Waals surface area (Å²) in [6, 6.07) is 14.8. The molecule has 1 aromatic carbocycles. The minimum atomic E-state index is -5.08. The Hall–Kier alpha value is -3.39. The number of carbonyl (C=O) groups is 2. The lowest BCUT2D eigenvalue weighted by Crippen LogP contribution is -2.21. The highest BCUT2D eigenvalue weighted by atomic mass is 32.1. The van der Waals surface area contributed by atoms with E-state index in [1.165, 1.54) is 15.0 Å². The summed E-state index contributed by atoms with van der Waals surface area (Å²) in [5.74, 6) is -4.75. The Kier molecular flexibility index (Phi) is 8.81. The predicted octanol–water partition coefficient (Wildman–Crippen LogP) is 4.71. The third-order valence-corrected chi connectivity index (χ3v) is 5.07. The SMILES string of the molecule is O=C(O)C(F)(F)F.O=C(O)C(F)(F)F.c1ccc2sc(-c3ccc4c(n3)OCCNC4)cc2c1. The minimum absolute atomic E-state index is 0.676. The Balaban J connectivity index is 0.000000244. The highest BCUT2D eigenvalue weighted by Gasteiger charge is 2.38. The fraction of sp³-hybridized carbons (Fsp3) is 0.250. The molecule has 34 heavy (non-hydrogen) atoms. The maximum atomic E-state index is 10.6. The van der Waals surface area contributed by atoms with Gasteiger partial charge in [0, 0.05) is 23.4 Å². The van der Waals surface area contributed by atoms with Gasteiger partial charge in [-0.05, 0) is 23.6 Å². The first kappa shape index (κ1) is 26.9. The number of hydrogen-bond donors (Lipinski definition) is 3. The average molecular weight is 510 g/mol. The number of carboxylic acids is 2. The number of aromatic nitrogens is 1. The number of benzene rings is 1. The van der Waals surface area contributed by atoms with Crippen LogP contribution in [0.15, 0.2) is 42.5 Å². The van der Waals surface area contributed by atoms with Gasteiger partial charge in [-0.2, -0.15) is 26.3 Å². The van der Waals surface area contributed by atoms with Crippen LogP contribution in [0.4, 0.5) is 26.3 Å². The number of ether oxygens (including phenoxy) is 1. The van der Waals surface area contributed by atoms with Gasteiger partial charge in [-0.3, -0.25) is 0 Å². The molecule has 14 heteroatoms. The molecule has 184 valence electrons. The van der Waals surface area contributed by atoms with Gasteiger partial charge in [-0.1, -0.05) is 24.3 Å². The van der Waals surface area contributed by atoms with Crippen LogP contribution in [0.2, 0.25) is 0 Å². The molecule has 3 N–H and O–H groups in total. The first-order valence-corrected chi connectivity index (χ1v) is 10.0. The molecule has 4 rings (SSSR count). The largest absolute Gasteiger partial charge is 0.490 e. The molecule has 0 bridgehead atoms. The van der Waals surface area contributed by atoms with E-state index in [-0.39, 0.29) is 0 Å². The molecular weight excluding hydrogens is 494 g/mol. The molecule has 0 fully saturated rings. The molecular formula is C20H16F6N2O5S. The minimum Gasteiger partial charge on any atom is -0.476 e. The van der Waals surface area contributed by atoms with Gasteiger partial charge in [-0.25, -0.2) is 14.6 Å². The maximum Gasteiger partial charge on any atom is 0.490 e. The first-order valence-electron chi connectivity index (χ1n) is 9.21. The molecule has 0 saturated heterocycles. The molecule has 1 aliphatic rings. The molecule has 2 aromatic heterocycles. The fourth-order valence-corrected chi connectivity index (χ4v) is 3.45. The summed E-state index contributed by atoms with van der Waals surface area (Å²) in [6.45, 7) is 2.37. The second kappa shape index (κ2) is 11.2. The number of carboxylic acid groups (broad SMARTS) is 2. The Labute approximate surface area is 191 Å². The zero-order valence-corrected chi connectivity index (χ0v) is 17.7. The molecule has 7 nitrogen and oxygen atoms in total. The van der Waals surface area contributed by atoms with Gasteiger partial charge in [0.05, 0.1) is 10.6 Å². The summed E-state index contributed by atoms with van der Waals surface area (Å²) in [5.41, 5.74) is 2.12. The van der Waals surface area contributed by atoms with Crippen LogP contribution in [0, 0.1) is 0 Å². The third kappa shape index (κ3) is 7.88. The smallest absolute Gasteiger partial charge is 0.476 e. The van der Waals surface area contributed by atoms with Crippen LogP contribution in [-0.4, -0.2) is 52.6 Å². The molecule has 0 radical (unpaired) electrons. The van der Waals surface area contributed by atoms with E-state index < -0.39 is 24.3 Å². The number of thiophene rings is 1. The van der Waals surface area contributed by atoms with Crippen LogP contribution in [0.25, 0.3) is 20.7 Å². The fourth-order valence-electron chi connectivity index (χ4n) is 2.42. The van der Waals surface area contributed by atoms with Gasteiger partial charge in [0.25, 0.3) is 0 Å². The van der Waals surface area contributed by atoms with Gasteiger partial charge in [-0.15, -0.1) is 11.3 Å². The van der Waals surface area contributed by atoms with Crippen molar-refractivity contribution in [2.24, 2.45) is 0 Å².